The van der Waals surface area contributed by atoms with Crippen LogP contribution in [0.25, 0.3) is 6.08 Å². The van der Waals surface area contributed by atoms with Gasteiger partial charge in [-0.25, -0.2) is 4.79 Å². The number of aliphatic carboxylic acids is 1. The molecular formula is C17H14N2O5. The summed E-state index contributed by atoms with van der Waals surface area (Å²) in [5.74, 6) is -1.53. The number of nitro groups is 1. The quantitative estimate of drug-likeness (QED) is 0.365. The normalized spacial score (nSPS) is 11.0. The zero-order valence-electron chi connectivity index (χ0n) is 12.7. The smallest absolute Gasteiger partial charge is 0.352 e. The molecule has 0 saturated heterocycles. The summed E-state index contributed by atoms with van der Waals surface area (Å²) in [6.45, 7) is 1.37. The van der Waals surface area contributed by atoms with E-state index in [4.69, 9.17) is 0 Å². The van der Waals surface area contributed by atoms with Crippen LogP contribution >= 0.6 is 0 Å². The Bertz CT molecular complexity index is 842. The predicted molar refractivity (Wildman–Crippen MR) is 88.8 cm³/mol. The minimum atomic E-state index is -1.30. The maximum atomic E-state index is 11.6. The molecule has 0 bridgehead atoms. The highest BCUT2D eigenvalue weighted by Crippen LogP contribution is 2.23. The van der Waals surface area contributed by atoms with Crippen LogP contribution in [-0.4, -0.2) is 21.8 Å². The van der Waals surface area contributed by atoms with Crippen molar-refractivity contribution >= 4 is 29.2 Å². The molecule has 0 radical (unpaired) electrons. The maximum Gasteiger partial charge on any atom is 0.352 e. The summed E-state index contributed by atoms with van der Waals surface area (Å²) in [5.41, 5.74) is 0.299. The molecule has 7 heteroatoms. The lowest BCUT2D eigenvalue weighted by Crippen LogP contribution is -2.12. The third-order valence-corrected chi connectivity index (χ3v) is 3.24. The summed E-state index contributed by atoms with van der Waals surface area (Å²) in [6.07, 6.45) is 1.16. The van der Waals surface area contributed by atoms with Crippen LogP contribution < -0.4 is 5.32 Å². The van der Waals surface area contributed by atoms with Crippen molar-refractivity contribution in [3.8, 4) is 0 Å². The minimum absolute atomic E-state index is 0.146. The summed E-state index contributed by atoms with van der Waals surface area (Å²) in [5, 5.41) is 23.1. The fourth-order valence-electron chi connectivity index (χ4n) is 2.13. The van der Waals surface area contributed by atoms with Crippen LogP contribution in [-0.2, 0) is 4.79 Å². The first-order valence-electron chi connectivity index (χ1n) is 6.95. The van der Waals surface area contributed by atoms with Crippen molar-refractivity contribution < 1.29 is 19.6 Å². The monoisotopic (exact) mass is 326 g/mol. The Morgan fingerprint density at radius 3 is 2.38 bits per heavy atom. The molecule has 24 heavy (non-hydrogen) atoms. The molecule has 0 amide bonds. The standard InChI is InChI=1S/C17H14N2O5/c1-11(20)13-7-3-4-8-14(13)18-15(17(21)22)10-12-6-2-5-9-16(12)19(23)24/h2-10,18H,1H3,(H,21,22)/b15-10-. The molecule has 0 aliphatic heterocycles. The number of nitrogens with zero attached hydrogens (tertiary/aromatic N) is 1. The third kappa shape index (κ3) is 3.83. The van der Waals surface area contributed by atoms with E-state index in [9.17, 15) is 24.8 Å². The number of hydrogen-bond acceptors (Lipinski definition) is 5. The molecule has 0 aliphatic carbocycles. The van der Waals surface area contributed by atoms with E-state index in [0.29, 0.717) is 11.3 Å². The second kappa shape index (κ2) is 7.19. The third-order valence-electron chi connectivity index (χ3n) is 3.24. The molecule has 122 valence electrons. The summed E-state index contributed by atoms with van der Waals surface area (Å²) >= 11 is 0. The zero-order chi connectivity index (χ0) is 17.7. The van der Waals surface area contributed by atoms with Gasteiger partial charge in [0.2, 0.25) is 0 Å². The van der Waals surface area contributed by atoms with Gasteiger partial charge in [-0.2, -0.15) is 0 Å². The number of anilines is 1. The van der Waals surface area contributed by atoms with Crippen molar-refractivity contribution in [1.29, 1.82) is 0 Å². The van der Waals surface area contributed by atoms with Crippen molar-refractivity contribution in [2.75, 3.05) is 5.32 Å². The van der Waals surface area contributed by atoms with E-state index < -0.39 is 10.9 Å². The molecule has 0 spiro atoms. The molecule has 0 fully saturated rings. The van der Waals surface area contributed by atoms with E-state index in [0.717, 1.165) is 6.08 Å². The molecule has 0 heterocycles. The summed E-state index contributed by atoms with van der Waals surface area (Å²) in [7, 11) is 0. The first-order valence-corrected chi connectivity index (χ1v) is 6.95. The Morgan fingerprint density at radius 2 is 1.75 bits per heavy atom. The van der Waals surface area contributed by atoms with Gasteiger partial charge in [0.1, 0.15) is 5.70 Å². The number of ketones is 1. The molecule has 2 N–H and O–H groups in total. The van der Waals surface area contributed by atoms with Gasteiger partial charge in [-0.15, -0.1) is 0 Å². The molecule has 0 unspecified atom stereocenters. The largest absolute Gasteiger partial charge is 0.477 e. The molecular weight excluding hydrogens is 312 g/mol. The number of Topliss-reactive ketones (excluding diaryl/α,β-unsaturated/α-hetero) is 1. The van der Waals surface area contributed by atoms with Gasteiger partial charge < -0.3 is 10.4 Å². The van der Waals surface area contributed by atoms with E-state index in [1.165, 1.54) is 25.1 Å². The molecule has 2 rings (SSSR count). The van der Waals surface area contributed by atoms with Crippen molar-refractivity contribution in [2.24, 2.45) is 0 Å². The van der Waals surface area contributed by atoms with Crippen LogP contribution in [0.5, 0.6) is 0 Å². The molecule has 0 aliphatic rings. The number of rotatable bonds is 6. The van der Waals surface area contributed by atoms with Crippen LogP contribution in [0.1, 0.15) is 22.8 Å². The van der Waals surface area contributed by atoms with Gasteiger partial charge in [-0.05, 0) is 31.2 Å². The number of carbonyl (C=O) groups excluding carboxylic acids is 1. The van der Waals surface area contributed by atoms with E-state index in [1.807, 2.05) is 0 Å². The van der Waals surface area contributed by atoms with Gasteiger partial charge >= 0.3 is 5.97 Å². The number of nitro benzene ring substituents is 1. The number of carboxylic acids is 1. The Labute approximate surface area is 137 Å². The van der Waals surface area contributed by atoms with Crippen molar-refractivity contribution in [1.82, 2.24) is 0 Å². The van der Waals surface area contributed by atoms with E-state index in [1.54, 1.807) is 30.3 Å². The van der Waals surface area contributed by atoms with Gasteiger partial charge in [-0.3, -0.25) is 14.9 Å². The maximum absolute atomic E-state index is 11.6. The average Bonchev–Trinajstić information content (AvgIpc) is 2.54. The van der Waals surface area contributed by atoms with Gasteiger partial charge in [-0.1, -0.05) is 24.3 Å². The summed E-state index contributed by atoms with van der Waals surface area (Å²) in [6, 6.07) is 12.2. The van der Waals surface area contributed by atoms with E-state index >= 15 is 0 Å². The molecule has 2 aromatic carbocycles. The summed E-state index contributed by atoms with van der Waals surface area (Å²) < 4.78 is 0. The lowest BCUT2D eigenvalue weighted by molar-refractivity contribution is -0.385. The first kappa shape index (κ1) is 16.9. The van der Waals surface area contributed by atoms with Crippen molar-refractivity contribution in [3.63, 3.8) is 0 Å². The Morgan fingerprint density at radius 1 is 1.12 bits per heavy atom. The van der Waals surface area contributed by atoms with Gasteiger partial charge in [0.25, 0.3) is 5.69 Å². The number of benzene rings is 2. The van der Waals surface area contributed by atoms with Crippen LogP contribution in [0, 0.1) is 10.1 Å². The van der Waals surface area contributed by atoms with Gasteiger partial charge in [0.05, 0.1) is 10.5 Å². The number of carboxylic acid groups (broad SMARTS) is 1. The lowest BCUT2D eigenvalue weighted by atomic mass is 10.1. The second-order valence-electron chi connectivity index (χ2n) is 4.91. The van der Waals surface area contributed by atoms with Gasteiger partial charge in [0, 0.05) is 17.3 Å². The zero-order valence-corrected chi connectivity index (χ0v) is 12.7. The highest BCUT2D eigenvalue weighted by molar-refractivity contribution is 6.02. The molecule has 0 atom stereocenters. The van der Waals surface area contributed by atoms with Crippen LogP contribution in [0.2, 0.25) is 0 Å². The Kier molecular flexibility index (Phi) is 5.06. The molecule has 0 aromatic heterocycles. The fourth-order valence-corrected chi connectivity index (χ4v) is 2.13. The van der Waals surface area contributed by atoms with Crippen molar-refractivity contribution in [3.05, 3.63) is 75.5 Å². The second-order valence-corrected chi connectivity index (χ2v) is 4.91. The Hall–Kier alpha value is -3.48. The fraction of sp³-hybridized carbons (Fsp3) is 0.0588. The minimum Gasteiger partial charge on any atom is -0.477 e. The summed E-state index contributed by atoms with van der Waals surface area (Å²) in [4.78, 5) is 33.6. The lowest BCUT2D eigenvalue weighted by Gasteiger charge is -2.11. The first-order chi connectivity index (χ1) is 11.4. The molecule has 7 nitrogen and oxygen atoms in total. The van der Waals surface area contributed by atoms with E-state index in [-0.39, 0.29) is 22.7 Å². The van der Waals surface area contributed by atoms with Crippen molar-refractivity contribution in [2.45, 2.75) is 6.92 Å². The highest BCUT2D eigenvalue weighted by Gasteiger charge is 2.16. The predicted octanol–water partition coefficient (Wildman–Crippen LogP) is 3.34. The van der Waals surface area contributed by atoms with Gasteiger partial charge in [0.15, 0.2) is 5.78 Å². The number of carbonyl (C=O) groups is 2. The SMILES string of the molecule is CC(=O)c1ccccc1N/C(=C\c1ccccc1[N+](=O)[O-])C(=O)O. The molecule has 0 saturated carbocycles. The van der Waals surface area contributed by atoms with Crippen LogP contribution in [0.15, 0.2) is 54.2 Å². The Balaban J connectivity index is 2.47. The highest BCUT2D eigenvalue weighted by atomic mass is 16.6. The number of para-hydroxylation sites is 2. The average molecular weight is 326 g/mol. The van der Waals surface area contributed by atoms with E-state index in [2.05, 4.69) is 5.32 Å². The number of nitrogens with one attached hydrogen (secondary N) is 1. The van der Waals surface area contributed by atoms with Crippen LogP contribution in [0.3, 0.4) is 0 Å². The molecule has 2 aromatic rings. The topological polar surface area (TPSA) is 110 Å². The number of hydrogen-bond donors (Lipinski definition) is 2. The van der Waals surface area contributed by atoms with Crippen LogP contribution in [0.4, 0.5) is 11.4 Å².